The summed E-state index contributed by atoms with van der Waals surface area (Å²) >= 11 is 0. The zero-order valence-electron chi connectivity index (χ0n) is 30.7. The maximum Gasteiger partial charge on any atom is -0.00966 e. The van der Waals surface area contributed by atoms with Crippen molar-refractivity contribution < 1.29 is 0 Å². The maximum absolute atomic E-state index is 2.34. The lowest BCUT2D eigenvalue weighted by Crippen LogP contribution is -1.95. The van der Waals surface area contributed by atoms with Crippen LogP contribution in [0, 0.1) is 0 Å². The van der Waals surface area contributed by atoms with Gasteiger partial charge in [0.15, 0.2) is 0 Å². The Hall–Kier alpha value is -0.520. The molecule has 0 amide bonds. The number of hydrogen-bond acceptors (Lipinski definition) is 0. The number of rotatable bonds is 34. The van der Waals surface area contributed by atoms with Crippen molar-refractivity contribution in [3.63, 3.8) is 0 Å². The average Bonchev–Trinajstić information content (AvgIpc) is 3.34. The van der Waals surface area contributed by atoms with Crippen LogP contribution in [0.1, 0.15) is 252 Å². The van der Waals surface area contributed by atoms with Gasteiger partial charge in [0.2, 0.25) is 0 Å². The highest BCUT2D eigenvalue weighted by Crippen LogP contribution is 2.42. The topological polar surface area (TPSA) is 0 Å². The van der Waals surface area contributed by atoms with E-state index in [1.165, 1.54) is 225 Å². The molecular formula is C43H82. The van der Waals surface area contributed by atoms with Gasteiger partial charge >= 0.3 is 0 Å². The van der Waals surface area contributed by atoms with Gasteiger partial charge in [-0.05, 0) is 68.9 Å². The molecule has 0 aromatic carbocycles. The van der Waals surface area contributed by atoms with Crippen LogP contribution in [0.2, 0.25) is 0 Å². The summed E-state index contributed by atoms with van der Waals surface area (Å²) in [5.41, 5.74) is 7.61. The van der Waals surface area contributed by atoms with Crippen LogP contribution >= 0.6 is 0 Å². The number of allylic oxidation sites excluding steroid dienone is 4. The summed E-state index contributed by atoms with van der Waals surface area (Å²) in [6.07, 6.45) is 50.2. The molecule has 0 N–H and O–H groups in total. The Bertz CT molecular complexity index is 649. The van der Waals surface area contributed by atoms with Crippen molar-refractivity contribution in [2.75, 3.05) is 0 Å². The quantitative estimate of drug-likeness (QED) is 0.0646. The van der Waals surface area contributed by atoms with Crippen molar-refractivity contribution in [1.29, 1.82) is 0 Å². The van der Waals surface area contributed by atoms with Gasteiger partial charge in [-0.2, -0.15) is 0 Å². The van der Waals surface area contributed by atoms with Crippen LogP contribution in [0.3, 0.4) is 0 Å². The summed E-state index contributed by atoms with van der Waals surface area (Å²) < 4.78 is 0. The first-order valence-electron chi connectivity index (χ1n) is 20.7. The second-order valence-corrected chi connectivity index (χ2v) is 14.5. The van der Waals surface area contributed by atoms with Crippen LogP contribution in [-0.2, 0) is 0 Å². The van der Waals surface area contributed by atoms with Crippen molar-refractivity contribution in [3.8, 4) is 0 Å². The fourth-order valence-electron chi connectivity index (χ4n) is 7.49. The van der Waals surface area contributed by atoms with Gasteiger partial charge in [-0.3, -0.25) is 0 Å². The van der Waals surface area contributed by atoms with E-state index in [-0.39, 0.29) is 0 Å². The van der Waals surface area contributed by atoms with Crippen molar-refractivity contribution in [2.45, 2.75) is 252 Å². The minimum absolute atomic E-state index is 1.36. The third-order valence-corrected chi connectivity index (χ3v) is 10.4. The Morgan fingerprint density at radius 3 is 0.721 bits per heavy atom. The van der Waals surface area contributed by atoms with Crippen LogP contribution < -0.4 is 0 Å². The zero-order valence-corrected chi connectivity index (χ0v) is 30.7. The first-order valence-corrected chi connectivity index (χ1v) is 20.7. The molecular weight excluding hydrogens is 516 g/mol. The lowest BCUT2D eigenvalue weighted by atomic mass is 9.91. The Labute approximate surface area is 274 Å². The van der Waals surface area contributed by atoms with Gasteiger partial charge in [-0.15, -0.1) is 0 Å². The smallest absolute Gasteiger partial charge is 0.00966 e. The molecule has 0 aliphatic heterocycles. The first kappa shape index (κ1) is 40.5. The summed E-state index contributed by atoms with van der Waals surface area (Å²) in [6, 6.07) is 0. The molecule has 0 unspecified atom stereocenters. The van der Waals surface area contributed by atoms with Crippen LogP contribution in [0.4, 0.5) is 0 Å². The van der Waals surface area contributed by atoms with E-state index < -0.39 is 0 Å². The summed E-state index contributed by atoms with van der Waals surface area (Å²) in [7, 11) is 0. The SMILES string of the molecule is CCCCCCCCCCC1=C(CCCCCCCCCC)C(CCCCCCCCCC)=C(CCCCCCCC)C1. The number of hydrogen-bond donors (Lipinski definition) is 0. The summed E-state index contributed by atoms with van der Waals surface area (Å²) in [6.45, 7) is 9.34. The summed E-state index contributed by atoms with van der Waals surface area (Å²) in [4.78, 5) is 0. The van der Waals surface area contributed by atoms with E-state index >= 15 is 0 Å². The molecule has 0 saturated heterocycles. The van der Waals surface area contributed by atoms with Gasteiger partial charge in [0.05, 0.1) is 0 Å². The van der Waals surface area contributed by atoms with Crippen molar-refractivity contribution in [3.05, 3.63) is 22.3 Å². The Kier molecular flexibility index (Phi) is 29.6. The number of unbranched alkanes of at least 4 members (excludes halogenated alkanes) is 26. The van der Waals surface area contributed by atoms with Gasteiger partial charge in [0, 0.05) is 0 Å². The third kappa shape index (κ3) is 22.6. The van der Waals surface area contributed by atoms with E-state index in [1.54, 1.807) is 0 Å². The highest BCUT2D eigenvalue weighted by molar-refractivity contribution is 5.47. The van der Waals surface area contributed by atoms with Crippen molar-refractivity contribution in [1.82, 2.24) is 0 Å². The molecule has 0 spiro atoms. The minimum atomic E-state index is 1.36. The van der Waals surface area contributed by atoms with E-state index in [1.807, 2.05) is 22.3 Å². The molecule has 1 aliphatic carbocycles. The second-order valence-electron chi connectivity index (χ2n) is 14.5. The van der Waals surface area contributed by atoms with E-state index in [0.29, 0.717) is 0 Å². The molecule has 0 heterocycles. The molecule has 0 saturated carbocycles. The predicted octanol–water partition coefficient (Wildman–Crippen LogP) is 16.3. The minimum Gasteiger partial charge on any atom is -0.0654 e. The van der Waals surface area contributed by atoms with Gasteiger partial charge in [-0.25, -0.2) is 0 Å². The second kappa shape index (κ2) is 31.5. The van der Waals surface area contributed by atoms with Crippen LogP contribution in [0.5, 0.6) is 0 Å². The summed E-state index contributed by atoms with van der Waals surface area (Å²) in [5.74, 6) is 0. The van der Waals surface area contributed by atoms with Crippen LogP contribution in [-0.4, -0.2) is 0 Å². The fourth-order valence-corrected chi connectivity index (χ4v) is 7.49. The van der Waals surface area contributed by atoms with Crippen molar-refractivity contribution >= 4 is 0 Å². The molecule has 0 atom stereocenters. The van der Waals surface area contributed by atoms with Gasteiger partial charge in [-0.1, -0.05) is 206 Å². The lowest BCUT2D eigenvalue weighted by molar-refractivity contribution is 0.567. The Morgan fingerprint density at radius 1 is 0.256 bits per heavy atom. The van der Waals surface area contributed by atoms with E-state index in [2.05, 4.69) is 27.7 Å². The molecule has 0 aromatic rings. The van der Waals surface area contributed by atoms with E-state index in [0.717, 1.165) is 0 Å². The first-order chi connectivity index (χ1) is 21.3. The highest BCUT2D eigenvalue weighted by Gasteiger charge is 2.23. The summed E-state index contributed by atoms with van der Waals surface area (Å²) in [5, 5.41) is 0. The lowest BCUT2D eigenvalue weighted by Gasteiger charge is -2.14. The Balaban J connectivity index is 2.74. The molecule has 43 heavy (non-hydrogen) atoms. The predicted molar refractivity (Wildman–Crippen MR) is 198 cm³/mol. The molecule has 1 aliphatic rings. The zero-order chi connectivity index (χ0) is 31.1. The average molecular weight is 599 g/mol. The normalized spacial score (nSPS) is 13.7. The highest BCUT2D eigenvalue weighted by atomic mass is 14.3. The van der Waals surface area contributed by atoms with Gasteiger partial charge in [0.25, 0.3) is 0 Å². The molecule has 0 radical (unpaired) electrons. The largest absolute Gasteiger partial charge is 0.0654 e. The third-order valence-electron chi connectivity index (χ3n) is 10.4. The molecule has 0 bridgehead atoms. The Morgan fingerprint density at radius 2 is 0.465 bits per heavy atom. The molecule has 0 fully saturated rings. The monoisotopic (exact) mass is 599 g/mol. The molecule has 254 valence electrons. The molecule has 0 aromatic heterocycles. The fraction of sp³-hybridized carbons (Fsp3) is 0.907. The maximum atomic E-state index is 2.34. The van der Waals surface area contributed by atoms with Crippen molar-refractivity contribution in [2.24, 2.45) is 0 Å². The molecule has 0 nitrogen and oxygen atoms in total. The van der Waals surface area contributed by atoms with Gasteiger partial charge in [0.1, 0.15) is 0 Å². The molecule has 1 rings (SSSR count). The molecule has 0 heteroatoms. The standard InChI is InChI=1S/C43H82/c1-5-9-13-17-21-24-28-32-36-41-39-40(35-31-27-20-16-12-8-4)42(37-33-29-25-22-18-14-10-6-2)43(41)38-34-30-26-23-19-15-11-7-3/h5-39H2,1-4H3. The van der Waals surface area contributed by atoms with E-state index in [4.69, 9.17) is 0 Å². The van der Waals surface area contributed by atoms with E-state index in [9.17, 15) is 0 Å². The van der Waals surface area contributed by atoms with Gasteiger partial charge < -0.3 is 0 Å². The van der Waals surface area contributed by atoms with Crippen LogP contribution in [0.25, 0.3) is 0 Å². The van der Waals surface area contributed by atoms with Crippen LogP contribution in [0.15, 0.2) is 22.3 Å².